The first-order chi connectivity index (χ1) is 39.6. The van der Waals surface area contributed by atoms with E-state index in [1.54, 1.807) is 0 Å². The lowest BCUT2D eigenvalue weighted by Crippen LogP contribution is -2.61. The molecule has 3 N–H and O–H groups in total. The Kier molecular flexibility index (Phi) is 51.3. The third-order valence-corrected chi connectivity index (χ3v) is 13.8. The Hall–Kier alpha value is -4.62. The van der Waals surface area contributed by atoms with E-state index in [0.29, 0.717) is 19.3 Å². The van der Waals surface area contributed by atoms with Crippen LogP contribution in [0.25, 0.3) is 0 Å². The molecule has 6 unspecified atom stereocenters. The predicted octanol–water partition coefficient (Wildman–Crippen LogP) is 17.0. The largest absolute Gasteiger partial charge is 0.479 e. The summed E-state index contributed by atoms with van der Waals surface area (Å²) in [6.45, 7) is 5.72. The number of hydrogen-bond donors (Lipinski definition) is 3. The van der Waals surface area contributed by atoms with Crippen molar-refractivity contribution in [2.45, 2.75) is 289 Å². The zero-order chi connectivity index (χ0) is 58.9. The minimum Gasteiger partial charge on any atom is -0.479 e. The average molecular weight is 1130 g/mol. The molecule has 6 atom stereocenters. The molecule has 0 bridgehead atoms. The number of esters is 3. The Bertz CT molecular complexity index is 1820. The first-order valence-corrected chi connectivity index (χ1v) is 31.9. The van der Waals surface area contributed by atoms with E-state index in [-0.39, 0.29) is 25.9 Å². The first kappa shape index (κ1) is 74.4. The van der Waals surface area contributed by atoms with E-state index < -0.39 is 67.3 Å². The number of carboxylic acids is 1. The molecule has 0 amide bonds. The second kappa shape index (κ2) is 55.9. The minimum absolute atomic E-state index is 0.0353. The molecule has 12 nitrogen and oxygen atoms in total. The van der Waals surface area contributed by atoms with Gasteiger partial charge in [0.1, 0.15) is 18.8 Å². The van der Waals surface area contributed by atoms with Gasteiger partial charge in [0.05, 0.1) is 6.61 Å². The molecule has 1 aliphatic heterocycles. The standard InChI is InChI=1S/C69H112O12/c1-4-7-10-13-16-19-22-25-27-29-31-33-35-38-40-43-46-49-52-55-61(70)77-58-60(79-62(71)56-53-50-47-44-41-37-24-21-18-15-12-9-6-3)59-78-69-67(65(74)64(73)66(81-69)68(75)76)80-63(72)57-54-51-48-45-42-39-36-34-32-30-28-26-23-20-17-14-11-8-5-2/h8-9,11-12,16-21,25-28,32,34,37,41,60,64-67,69,73-74H,4-7,10,13-15,22-24,29-31,33,35-36,38-40,42-59H2,1-3H3,(H,75,76)/b11-8-,12-9-,19-16-,20-17-,21-18-,27-25-,28-26-,34-32-,41-37-. The van der Waals surface area contributed by atoms with Crippen LogP contribution in [0.5, 0.6) is 0 Å². The molecule has 1 rings (SSSR count). The molecule has 12 heteroatoms. The summed E-state index contributed by atoms with van der Waals surface area (Å²) in [5, 5.41) is 31.6. The summed E-state index contributed by atoms with van der Waals surface area (Å²) in [4.78, 5) is 51.3. The van der Waals surface area contributed by atoms with Gasteiger partial charge >= 0.3 is 23.9 Å². The molecule has 0 aromatic rings. The monoisotopic (exact) mass is 1130 g/mol. The van der Waals surface area contributed by atoms with Crippen LogP contribution in [0.1, 0.15) is 252 Å². The van der Waals surface area contributed by atoms with Crippen molar-refractivity contribution in [1.82, 2.24) is 0 Å². The number of aliphatic hydroxyl groups excluding tert-OH is 2. The predicted molar refractivity (Wildman–Crippen MR) is 330 cm³/mol. The lowest BCUT2D eigenvalue weighted by Gasteiger charge is -2.40. The van der Waals surface area contributed by atoms with Crippen molar-refractivity contribution in [3.8, 4) is 0 Å². The van der Waals surface area contributed by atoms with Gasteiger partial charge in [0, 0.05) is 19.3 Å². The molecule has 460 valence electrons. The lowest BCUT2D eigenvalue weighted by atomic mass is 9.98. The molecule has 1 saturated heterocycles. The number of carbonyl (C=O) groups is 4. The third-order valence-electron chi connectivity index (χ3n) is 13.8. The van der Waals surface area contributed by atoms with Crippen LogP contribution in [0, 0.1) is 0 Å². The lowest BCUT2D eigenvalue weighted by molar-refractivity contribution is -0.301. The van der Waals surface area contributed by atoms with Gasteiger partial charge < -0.3 is 39.0 Å². The van der Waals surface area contributed by atoms with Gasteiger partial charge in [-0.3, -0.25) is 14.4 Å². The summed E-state index contributed by atoms with van der Waals surface area (Å²) in [6.07, 6.45) is 63.3. The van der Waals surface area contributed by atoms with Gasteiger partial charge in [0.2, 0.25) is 0 Å². The van der Waals surface area contributed by atoms with Crippen molar-refractivity contribution in [2.75, 3.05) is 13.2 Å². The molecule has 0 aliphatic carbocycles. The second-order valence-electron chi connectivity index (χ2n) is 21.3. The number of aliphatic hydroxyl groups is 2. The Labute approximate surface area is 491 Å². The van der Waals surface area contributed by atoms with Gasteiger partial charge in [0.15, 0.2) is 24.6 Å². The van der Waals surface area contributed by atoms with Crippen LogP contribution in [0.3, 0.4) is 0 Å². The SMILES string of the molecule is CC/C=C\C/C=C\C/C=C\C/C=C\CCCCCCCCC(=O)OC1C(OCC(COC(=O)CCCCCCCCCCC/C=C\C/C=C\CCCCC)OC(=O)CCCCC/C=C\C/C=C\C/C=C\CC)OC(C(=O)O)C(O)C1O. The van der Waals surface area contributed by atoms with Gasteiger partial charge in [-0.25, -0.2) is 4.79 Å². The quantitative estimate of drug-likeness (QED) is 0.0228. The number of unbranched alkanes of at least 4 members (excludes halogenated alkanes) is 21. The van der Waals surface area contributed by atoms with E-state index in [9.17, 15) is 34.5 Å². The summed E-state index contributed by atoms with van der Waals surface area (Å²) in [7, 11) is 0. The zero-order valence-corrected chi connectivity index (χ0v) is 50.7. The summed E-state index contributed by atoms with van der Waals surface area (Å²) in [5.41, 5.74) is 0. The number of aliphatic carboxylic acids is 1. The van der Waals surface area contributed by atoms with Gasteiger partial charge in [-0.05, 0) is 122 Å². The van der Waals surface area contributed by atoms with E-state index in [0.717, 1.165) is 135 Å². The molecule has 1 fully saturated rings. The zero-order valence-electron chi connectivity index (χ0n) is 50.7. The van der Waals surface area contributed by atoms with E-state index in [4.69, 9.17) is 23.7 Å². The Balaban J connectivity index is 2.67. The highest BCUT2D eigenvalue weighted by Crippen LogP contribution is 2.26. The summed E-state index contributed by atoms with van der Waals surface area (Å²) in [5.74, 6) is -3.19. The maximum atomic E-state index is 13.2. The van der Waals surface area contributed by atoms with Crippen molar-refractivity contribution >= 4 is 23.9 Å². The molecule has 0 aromatic carbocycles. The molecular formula is C69H112O12. The van der Waals surface area contributed by atoms with E-state index in [2.05, 4.69) is 130 Å². The fraction of sp³-hybridized carbons (Fsp3) is 0.681. The maximum absolute atomic E-state index is 13.2. The van der Waals surface area contributed by atoms with Gasteiger partial charge in [0.25, 0.3) is 0 Å². The Morgan fingerprint density at radius 3 is 1.20 bits per heavy atom. The number of rotatable bonds is 53. The molecule has 0 spiro atoms. The van der Waals surface area contributed by atoms with Crippen LogP contribution in [-0.4, -0.2) is 89.2 Å². The van der Waals surface area contributed by atoms with Crippen LogP contribution in [0.2, 0.25) is 0 Å². The Morgan fingerprint density at radius 2 is 0.778 bits per heavy atom. The van der Waals surface area contributed by atoms with Crippen LogP contribution >= 0.6 is 0 Å². The molecular weight excluding hydrogens is 1020 g/mol. The van der Waals surface area contributed by atoms with Crippen molar-refractivity contribution < 1.29 is 58.2 Å². The number of hydrogen-bond acceptors (Lipinski definition) is 11. The van der Waals surface area contributed by atoms with Crippen LogP contribution in [0.15, 0.2) is 109 Å². The summed E-state index contributed by atoms with van der Waals surface area (Å²) < 4.78 is 28.5. The van der Waals surface area contributed by atoms with Crippen LogP contribution < -0.4 is 0 Å². The van der Waals surface area contributed by atoms with E-state index >= 15 is 0 Å². The third kappa shape index (κ3) is 45.6. The summed E-state index contributed by atoms with van der Waals surface area (Å²) in [6, 6.07) is 0. The van der Waals surface area contributed by atoms with Crippen molar-refractivity contribution in [3.63, 3.8) is 0 Å². The molecule has 1 heterocycles. The van der Waals surface area contributed by atoms with Crippen LogP contribution in [-0.2, 0) is 42.9 Å². The molecule has 0 aromatic heterocycles. The summed E-state index contributed by atoms with van der Waals surface area (Å²) >= 11 is 0. The molecule has 0 saturated carbocycles. The smallest absolute Gasteiger partial charge is 0.335 e. The minimum atomic E-state index is -1.92. The van der Waals surface area contributed by atoms with E-state index in [1.165, 1.54) is 57.8 Å². The highest BCUT2D eigenvalue weighted by Gasteiger charge is 2.50. The first-order valence-electron chi connectivity index (χ1n) is 31.9. The van der Waals surface area contributed by atoms with Crippen molar-refractivity contribution in [3.05, 3.63) is 109 Å². The fourth-order valence-electron chi connectivity index (χ4n) is 8.99. The van der Waals surface area contributed by atoms with Gasteiger partial charge in [-0.2, -0.15) is 0 Å². The average Bonchev–Trinajstić information content (AvgIpc) is 3.54. The maximum Gasteiger partial charge on any atom is 0.335 e. The Morgan fingerprint density at radius 1 is 0.420 bits per heavy atom. The molecule has 1 aliphatic rings. The highest BCUT2D eigenvalue weighted by atomic mass is 16.7. The normalized spacial score (nSPS) is 18.5. The van der Waals surface area contributed by atoms with Crippen molar-refractivity contribution in [2.24, 2.45) is 0 Å². The van der Waals surface area contributed by atoms with Crippen LogP contribution in [0.4, 0.5) is 0 Å². The fourth-order valence-corrected chi connectivity index (χ4v) is 8.99. The second-order valence-corrected chi connectivity index (χ2v) is 21.3. The number of ether oxygens (including phenoxy) is 5. The highest BCUT2D eigenvalue weighted by molar-refractivity contribution is 5.74. The number of carbonyl (C=O) groups excluding carboxylic acids is 3. The number of allylic oxidation sites excluding steroid dienone is 18. The number of carboxylic acid groups (broad SMARTS) is 1. The topological polar surface area (TPSA) is 175 Å². The van der Waals surface area contributed by atoms with Crippen molar-refractivity contribution in [1.29, 1.82) is 0 Å². The van der Waals surface area contributed by atoms with E-state index in [1.807, 2.05) is 0 Å². The molecule has 81 heavy (non-hydrogen) atoms. The van der Waals surface area contributed by atoms with Gasteiger partial charge in [-0.15, -0.1) is 0 Å². The van der Waals surface area contributed by atoms with Gasteiger partial charge in [-0.1, -0.05) is 220 Å². The molecule has 0 radical (unpaired) electrons.